The van der Waals surface area contributed by atoms with Gasteiger partial charge in [-0.15, -0.1) is 0 Å². The number of aliphatic hydroxyl groups excluding tert-OH is 1. The van der Waals surface area contributed by atoms with Crippen LogP contribution in [0.3, 0.4) is 0 Å². The first-order valence-electron chi connectivity index (χ1n) is 4.94. The summed E-state index contributed by atoms with van der Waals surface area (Å²) in [6, 6.07) is 0. The molecule has 0 saturated carbocycles. The van der Waals surface area contributed by atoms with Crippen LogP contribution in [-0.2, 0) is 0 Å². The molecule has 0 aliphatic carbocycles. The first kappa shape index (κ1) is 11.8. The minimum Gasteiger partial charge on any atom is -0.392 e. The van der Waals surface area contributed by atoms with Crippen molar-refractivity contribution < 1.29 is 18.3 Å². The lowest BCUT2D eigenvalue weighted by Gasteiger charge is -2.29. The molecule has 1 fully saturated rings. The van der Waals surface area contributed by atoms with Crippen molar-refractivity contribution in [1.29, 1.82) is 0 Å². The molecule has 14 heavy (non-hydrogen) atoms. The highest BCUT2D eigenvalue weighted by molar-refractivity contribution is 4.71. The van der Waals surface area contributed by atoms with Gasteiger partial charge in [0.25, 0.3) is 0 Å². The van der Waals surface area contributed by atoms with Crippen LogP contribution in [0.2, 0.25) is 0 Å². The maximum absolute atomic E-state index is 11.8. The molecule has 1 saturated heterocycles. The number of aliphatic hydroxyl groups is 1. The summed E-state index contributed by atoms with van der Waals surface area (Å²) >= 11 is 0. The molecular formula is C9H16F3NO. The molecule has 0 aromatic rings. The zero-order valence-corrected chi connectivity index (χ0v) is 8.06. The average Bonchev–Trinajstić information content (AvgIpc) is 2.01. The molecule has 0 radical (unpaired) electrons. The van der Waals surface area contributed by atoms with Crippen molar-refractivity contribution in [3.8, 4) is 0 Å². The van der Waals surface area contributed by atoms with Gasteiger partial charge in [-0.05, 0) is 32.4 Å². The molecule has 1 heterocycles. The quantitative estimate of drug-likeness (QED) is 0.769. The molecule has 1 rings (SSSR count). The van der Waals surface area contributed by atoms with E-state index in [2.05, 4.69) is 0 Å². The van der Waals surface area contributed by atoms with Gasteiger partial charge < -0.3 is 10.0 Å². The van der Waals surface area contributed by atoms with Crippen LogP contribution in [0.15, 0.2) is 0 Å². The predicted octanol–water partition coefficient (Wildman–Crippen LogP) is 1.79. The average molecular weight is 211 g/mol. The van der Waals surface area contributed by atoms with Crippen molar-refractivity contribution in [2.75, 3.05) is 19.6 Å². The first-order valence-corrected chi connectivity index (χ1v) is 4.94. The Hall–Kier alpha value is -0.290. The predicted molar refractivity (Wildman–Crippen MR) is 47.0 cm³/mol. The van der Waals surface area contributed by atoms with Gasteiger partial charge in [-0.1, -0.05) is 0 Å². The highest BCUT2D eigenvalue weighted by atomic mass is 19.4. The van der Waals surface area contributed by atoms with Crippen molar-refractivity contribution in [3.05, 3.63) is 0 Å². The van der Waals surface area contributed by atoms with Gasteiger partial charge in [-0.2, -0.15) is 13.2 Å². The zero-order chi connectivity index (χ0) is 10.6. The van der Waals surface area contributed by atoms with Gasteiger partial charge in [-0.3, -0.25) is 0 Å². The molecule has 1 aliphatic rings. The van der Waals surface area contributed by atoms with Gasteiger partial charge >= 0.3 is 6.18 Å². The number of rotatable bonds is 3. The smallest absolute Gasteiger partial charge is 0.389 e. The van der Waals surface area contributed by atoms with E-state index in [1.807, 2.05) is 4.90 Å². The van der Waals surface area contributed by atoms with Crippen LogP contribution in [0.25, 0.3) is 0 Å². The molecule has 2 nitrogen and oxygen atoms in total. The second-order valence-electron chi connectivity index (χ2n) is 3.82. The number of likely N-dealkylation sites (tertiary alicyclic amines) is 1. The van der Waals surface area contributed by atoms with Crippen LogP contribution in [0, 0.1) is 0 Å². The summed E-state index contributed by atoms with van der Waals surface area (Å²) in [5, 5.41) is 9.27. The molecule has 1 aliphatic heterocycles. The van der Waals surface area contributed by atoms with Crippen molar-refractivity contribution >= 4 is 0 Å². The van der Waals surface area contributed by atoms with Gasteiger partial charge in [0.2, 0.25) is 0 Å². The van der Waals surface area contributed by atoms with Crippen LogP contribution in [0.5, 0.6) is 0 Å². The third-order valence-electron chi connectivity index (χ3n) is 2.42. The Kier molecular flexibility index (Phi) is 4.19. The molecule has 84 valence electrons. The monoisotopic (exact) mass is 211 g/mol. The van der Waals surface area contributed by atoms with Crippen molar-refractivity contribution in [1.82, 2.24) is 4.90 Å². The Bertz CT molecular complexity index is 172. The van der Waals surface area contributed by atoms with Gasteiger partial charge in [0.05, 0.1) is 6.10 Å². The van der Waals surface area contributed by atoms with Crippen LogP contribution in [-0.4, -0.2) is 41.9 Å². The summed E-state index contributed by atoms with van der Waals surface area (Å²) in [7, 11) is 0. The number of halogens is 3. The minimum atomic E-state index is -4.05. The fraction of sp³-hybridized carbons (Fsp3) is 1.00. The number of alkyl halides is 3. The molecule has 1 atom stereocenters. The van der Waals surface area contributed by atoms with E-state index in [1.165, 1.54) is 0 Å². The summed E-state index contributed by atoms with van der Waals surface area (Å²) in [6.45, 7) is 1.78. The molecular weight excluding hydrogens is 195 g/mol. The highest BCUT2D eigenvalue weighted by Crippen LogP contribution is 2.21. The van der Waals surface area contributed by atoms with Crippen LogP contribution in [0.4, 0.5) is 13.2 Å². The van der Waals surface area contributed by atoms with Crippen molar-refractivity contribution in [2.45, 2.75) is 38.0 Å². The second-order valence-corrected chi connectivity index (χ2v) is 3.82. The SMILES string of the molecule is OC1CCCN(CCCC(F)(F)F)C1. The van der Waals surface area contributed by atoms with Gasteiger partial charge in [0, 0.05) is 13.0 Å². The zero-order valence-electron chi connectivity index (χ0n) is 8.06. The lowest BCUT2D eigenvalue weighted by Crippen LogP contribution is -2.38. The second kappa shape index (κ2) is 4.98. The Labute approximate surface area is 81.7 Å². The molecule has 0 aromatic heterocycles. The summed E-state index contributed by atoms with van der Waals surface area (Å²) in [5.74, 6) is 0. The van der Waals surface area contributed by atoms with E-state index in [1.54, 1.807) is 0 Å². The van der Waals surface area contributed by atoms with E-state index < -0.39 is 12.6 Å². The molecule has 0 aromatic carbocycles. The third-order valence-corrected chi connectivity index (χ3v) is 2.42. The molecule has 0 bridgehead atoms. The van der Waals surface area contributed by atoms with Gasteiger partial charge in [-0.25, -0.2) is 0 Å². The van der Waals surface area contributed by atoms with E-state index in [9.17, 15) is 18.3 Å². The summed E-state index contributed by atoms with van der Waals surface area (Å²) in [6.07, 6.45) is -3.33. The van der Waals surface area contributed by atoms with E-state index in [4.69, 9.17) is 0 Å². The lowest BCUT2D eigenvalue weighted by molar-refractivity contribution is -0.136. The number of hydrogen-bond acceptors (Lipinski definition) is 2. The molecule has 1 unspecified atom stereocenters. The first-order chi connectivity index (χ1) is 6.47. The summed E-state index contributed by atoms with van der Waals surface area (Å²) in [4.78, 5) is 1.90. The Morgan fingerprint density at radius 2 is 2.07 bits per heavy atom. The Balaban J connectivity index is 2.12. The molecule has 5 heteroatoms. The number of hydrogen-bond donors (Lipinski definition) is 1. The normalized spacial score (nSPS) is 25.3. The van der Waals surface area contributed by atoms with Crippen LogP contribution >= 0.6 is 0 Å². The van der Waals surface area contributed by atoms with E-state index in [0.717, 1.165) is 19.4 Å². The fourth-order valence-electron chi connectivity index (χ4n) is 1.74. The van der Waals surface area contributed by atoms with Crippen LogP contribution in [0.1, 0.15) is 25.7 Å². The topological polar surface area (TPSA) is 23.5 Å². The van der Waals surface area contributed by atoms with Gasteiger partial charge in [0.15, 0.2) is 0 Å². The van der Waals surface area contributed by atoms with E-state index in [0.29, 0.717) is 13.1 Å². The number of nitrogens with zero attached hydrogens (tertiary/aromatic N) is 1. The minimum absolute atomic E-state index is 0.135. The fourth-order valence-corrected chi connectivity index (χ4v) is 1.74. The largest absolute Gasteiger partial charge is 0.392 e. The molecule has 1 N–H and O–H groups in total. The standard InChI is InChI=1S/C9H16F3NO/c10-9(11,12)4-2-6-13-5-1-3-8(14)7-13/h8,14H,1-7H2. The maximum atomic E-state index is 11.8. The van der Waals surface area contributed by atoms with Crippen molar-refractivity contribution in [2.24, 2.45) is 0 Å². The third kappa shape index (κ3) is 4.81. The lowest BCUT2D eigenvalue weighted by atomic mass is 10.1. The Morgan fingerprint density at radius 1 is 1.36 bits per heavy atom. The maximum Gasteiger partial charge on any atom is 0.389 e. The number of β-amino-alcohol motifs (C(OH)–C–C–N with tert-alkyl or cyclic N) is 1. The van der Waals surface area contributed by atoms with E-state index in [-0.39, 0.29) is 12.5 Å². The highest BCUT2D eigenvalue weighted by Gasteiger charge is 2.27. The Morgan fingerprint density at radius 3 is 2.64 bits per heavy atom. The summed E-state index contributed by atoms with van der Waals surface area (Å²) in [5.41, 5.74) is 0. The van der Waals surface area contributed by atoms with E-state index >= 15 is 0 Å². The van der Waals surface area contributed by atoms with Gasteiger partial charge in [0.1, 0.15) is 0 Å². The summed E-state index contributed by atoms with van der Waals surface area (Å²) < 4.78 is 35.5. The van der Waals surface area contributed by atoms with Crippen LogP contribution < -0.4 is 0 Å². The number of piperidine rings is 1. The molecule has 0 spiro atoms. The van der Waals surface area contributed by atoms with Crippen molar-refractivity contribution in [3.63, 3.8) is 0 Å². The molecule has 0 amide bonds.